The molecule has 3 amide bonds. The summed E-state index contributed by atoms with van der Waals surface area (Å²) in [6.45, 7) is 2.11. The highest BCUT2D eigenvalue weighted by Crippen LogP contribution is 2.24. The zero-order valence-electron chi connectivity index (χ0n) is 16.4. The molecule has 0 bridgehead atoms. The lowest BCUT2D eigenvalue weighted by Gasteiger charge is -2.27. The summed E-state index contributed by atoms with van der Waals surface area (Å²) in [7, 11) is 0. The second-order valence-corrected chi connectivity index (χ2v) is 7.33. The van der Waals surface area contributed by atoms with Crippen LogP contribution in [-0.2, 0) is 20.0 Å². The van der Waals surface area contributed by atoms with Crippen molar-refractivity contribution < 1.29 is 19.5 Å². The van der Waals surface area contributed by atoms with E-state index in [0.717, 1.165) is 12.8 Å². The molecule has 7 heteroatoms. The number of benzene rings is 2. The number of carbonyl (C=O) groups excluding carboxylic acids is 3. The van der Waals surface area contributed by atoms with Crippen LogP contribution in [0.2, 0.25) is 0 Å². The smallest absolute Gasteiger partial charge is 0.313 e. The third-order valence-electron chi connectivity index (χ3n) is 4.93. The highest BCUT2D eigenvalue weighted by atomic mass is 16.3. The molecule has 1 saturated heterocycles. The minimum absolute atomic E-state index is 0.0561. The Kier molecular flexibility index (Phi) is 6.29. The van der Waals surface area contributed by atoms with E-state index in [2.05, 4.69) is 10.6 Å². The van der Waals surface area contributed by atoms with Gasteiger partial charge in [-0.05, 0) is 43.5 Å². The van der Waals surface area contributed by atoms with Crippen LogP contribution in [0.25, 0.3) is 0 Å². The highest BCUT2D eigenvalue weighted by Gasteiger charge is 2.25. The summed E-state index contributed by atoms with van der Waals surface area (Å²) in [4.78, 5) is 38.2. The number of nitrogens with zero attached hydrogens (tertiary/aromatic N) is 1. The van der Waals surface area contributed by atoms with Gasteiger partial charge in [-0.3, -0.25) is 14.4 Å². The Morgan fingerprint density at radius 3 is 2.55 bits per heavy atom. The van der Waals surface area contributed by atoms with Crippen LogP contribution in [-0.4, -0.2) is 35.9 Å². The van der Waals surface area contributed by atoms with Crippen LogP contribution >= 0.6 is 0 Å². The van der Waals surface area contributed by atoms with E-state index >= 15 is 0 Å². The third-order valence-corrected chi connectivity index (χ3v) is 4.93. The number of hydrogen-bond acceptors (Lipinski definition) is 4. The second kappa shape index (κ2) is 8.87. The standard InChI is InChI=1S/C22H25N3O4/c1-22(29,16-8-3-2-4-9-16)15-23-20(27)21(28)24-17-10-7-11-18(14-17)25-13-6-5-12-19(25)26/h2-4,7-11,14,29H,5-6,12-13,15H2,1H3,(H,23,27)(H,24,28). The van der Waals surface area contributed by atoms with Gasteiger partial charge >= 0.3 is 11.8 Å². The molecule has 3 rings (SSSR count). The fourth-order valence-electron chi connectivity index (χ4n) is 3.25. The lowest BCUT2D eigenvalue weighted by Crippen LogP contribution is -2.43. The van der Waals surface area contributed by atoms with Crippen molar-refractivity contribution in [3.63, 3.8) is 0 Å². The molecule has 152 valence electrons. The molecule has 1 unspecified atom stereocenters. The van der Waals surface area contributed by atoms with Crippen LogP contribution in [0, 0.1) is 0 Å². The molecule has 3 N–H and O–H groups in total. The molecule has 7 nitrogen and oxygen atoms in total. The van der Waals surface area contributed by atoms with Gasteiger partial charge in [-0.25, -0.2) is 0 Å². The summed E-state index contributed by atoms with van der Waals surface area (Å²) >= 11 is 0. The number of rotatable bonds is 5. The SMILES string of the molecule is CC(O)(CNC(=O)C(=O)Nc1cccc(N2CCCCC2=O)c1)c1ccccc1. The van der Waals surface area contributed by atoms with Crippen molar-refractivity contribution in [1.29, 1.82) is 0 Å². The molecule has 1 aliphatic rings. The summed E-state index contributed by atoms with van der Waals surface area (Å²) in [5, 5.41) is 15.5. The topological polar surface area (TPSA) is 98.7 Å². The Morgan fingerprint density at radius 1 is 1.07 bits per heavy atom. The maximum absolute atomic E-state index is 12.2. The van der Waals surface area contributed by atoms with Crippen LogP contribution in [0.4, 0.5) is 11.4 Å². The van der Waals surface area contributed by atoms with Crippen molar-refractivity contribution in [1.82, 2.24) is 5.32 Å². The number of piperidine rings is 1. The molecule has 0 radical (unpaired) electrons. The van der Waals surface area contributed by atoms with Gasteiger partial charge in [-0.1, -0.05) is 36.4 Å². The van der Waals surface area contributed by atoms with E-state index in [0.29, 0.717) is 29.9 Å². The Morgan fingerprint density at radius 2 is 1.83 bits per heavy atom. The summed E-state index contributed by atoms with van der Waals surface area (Å²) in [5.74, 6) is -1.63. The Hall–Kier alpha value is -3.19. The molecule has 2 aromatic rings. The van der Waals surface area contributed by atoms with Gasteiger partial charge in [0.15, 0.2) is 0 Å². The average Bonchev–Trinajstić information content (AvgIpc) is 2.73. The molecule has 0 saturated carbocycles. The van der Waals surface area contributed by atoms with Gasteiger partial charge in [0.1, 0.15) is 5.60 Å². The summed E-state index contributed by atoms with van der Waals surface area (Å²) in [6.07, 6.45) is 2.34. The molecular weight excluding hydrogens is 370 g/mol. The minimum Gasteiger partial charge on any atom is -0.384 e. The largest absolute Gasteiger partial charge is 0.384 e. The van der Waals surface area contributed by atoms with E-state index < -0.39 is 17.4 Å². The fourth-order valence-corrected chi connectivity index (χ4v) is 3.25. The summed E-state index contributed by atoms with van der Waals surface area (Å²) < 4.78 is 0. The van der Waals surface area contributed by atoms with Crippen molar-refractivity contribution in [2.24, 2.45) is 0 Å². The van der Waals surface area contributed by atoms with Crippen molar-refractivity contribution >= 4 is 29.1 Å². The van der Waals surface area contributed by atoms with Crippen molar-refractivity contribution in [3.05, 3.63) is 60.2 Å². The summed E-state index contributed by atoms with van der Waals surface area (Å²) in [5.41, 5.74) is 0.460. The van der Waals surface area contributed by atoms with Crippen molar-refractivity contribution in [2.75, 3.05) is 23.3 Å². The number of amides is 3. The number of aliphatic hydroxyl groups is 1. The maximum atomic E-state index is 12.2. The monoisotopic (exact) mass is 395 g/mol. The van der Waals surface area contributed by atoms with Gasteiger partial charge in [0.25, 0.3) is 0 Å². The first kappa shape index (κ1) is 20.5. The molecule has 0 aliphatic carbocycles. The molecular formula is C22H25N3O4. The number of carbonyl (C=O) groups is 3. The van der Waals surface area contributed by atoms with E-state index in [9.17, 15) is 19.5 Å². The molecule has 0 spiro atoms. The van der Waals surface area contributed by atoms with Crippen LogP contribution in [0.1, 0.15) is 31.7 Å². The zero-order valence-corrected chi connectivity index (χ0v) is 16.4. The van der Waals surface area contributed by atoms with Crippen LogP contribution in [0.5, 0.6) is 0 Å². The molecule has 1 atom stereocenters. The Bertz CT molecular complexity index is 896. The van der Waals surface area contributed by atoms with Gasteiger partial charge in [0.05, 0.1) is 6.54 Å². The Labute approximate surface area is 169 Å². The first-order valence-electron chi connectivity index (χ1n) is 9.64. The normalized spacial score (nSPS) is 16.1. The zero-order chi connectivity index (χ0) is 20.9. The molecule has 1 heterocycles. The second-order valence-electron chi connectivity index (χ2n) is 7.33. The maximum Gasteiger partial charge on any atom is 0.313 e. The van der Waals surface area contributed by atoms with Gasteiger partial charge in [0.2, 0.25) is 5.91 Å². The molecule has 0 aromatic heterocycles. The van der Waals surface area contributed by atoms with Crippen molar-refractivity contribution in [3.8, 4) is 0 Å². The molecule has 29 heavy (non-hydrogen) atoms. The Balaban J connectivity index is 1.59. The first-order chi connectivity index (χ1) is 13.9. The number of hydrogen-bond donors (Lipinski definition) is 3. The van der Waals surface area contributed by atoms with Crippen LogP contribution in [0.3, 0.4) is 0 Å². The van der Waals surface area contributed by atoms with E-state index in [1.165, 1.54) is 0 Å². The van der Waals surface area contributed by atoms with Gasteiger partial charge in [-0.15, -0.1) is 0 Å². The van der Waals surface area contributed by atoms with Crippen LogP contribution < -0.4 is 15.5 Å². The van der Waals surface area contributed by atoms with Crippen LogP contribution in [0.15, 0.2) is 54.6 Å². The van der Waals surface area contributed by atoms with E-state index in [-0.39, 0.29) is 12.5 Å². The number of anilines is 2. The lowest BCUT2D eigenvalue weighted by molar-refractivity contribution is -0.136. The molecule has 1 fully saturated rings. The van der Waals surface area contributed by atoms with E-state index in [1.54, 1.807) is 60.4 Å². The van der Waals surface area contributed by atoms with Gasteiger partial charge in [-0.2, -0.15) is 0 Å². The average molecular weight is 395 g/mol. The van der Waals surface area contributed by atoms with Gasteiger partial charge in [0, 0.05) is 24.3 Å². The molecule has 2 aromatic carbocycles. The summed E-state index contributed by atoms with van der Waals surface area (Å²) in [6, 6.07) is 15.8. The van der Waals surface area contributed by atoms with Crippen molar-refractivity contribution in [2.45, 2.75) is 31.8 Å². The fraction of sp³-hybridized carbons (Fsp3) is 0.318. The first-order valence-corrected chi connectivity index (χ1v) is 9.64. The number of nitrogens with one attached hydrogen (secondary N) is 2. The highest BCUT2D eigenvalue weighted by molar-refractivity contribution is 6.39. The minimum atomic E-state index is -1.30. The molecule has 1 aliphatic heterocycles. The predicted molar refractivity (Wildman–Crippen MR) is 110 cm³/mol. The quantitative estimate of drug-likeness (QED) is 0.676. The van der Waals surface area contributed by atoms with E-state index in [4.69, 9.17) is 0 Å². The van der Waals surface area contributed by atoms with E-state index in [1.807, 2.05) is 6.07 Å². The van der Waals surface area contributed by atoms with Gasteiger partial charge < -0.3 is 20.6 Å². The lowest BCUT2D eigenvalue weighted by atomic mass is 9.96. The third kappa shape index (κ3) is 5.20. The predicted octanol–water partition coefficient (Wildman–Crippen LogP) is 2.17.